The third-order valence-corrected chi connectivity index (χ3v) is 24.3. The van der Waals surface area contributed by atoms with Crippen LogP contribution in [-0.4, -0.2) is 146 Å². The smallest absolute Gasteiger partial charge is 0.375 e. The first-order chi connectivity index (χ1) is 45.0. The molecule has 3 aromatic heterocycles. The second-order valence-corrected chi connectivity index (χ2v) is 34.1. The molecule has 0 N–H and O–H groups in total. The van der Waals surface area contributed by atoms with E-state index in [4.69, 9.17) is 44.6 Å². The number of sulfonamides is 3. The van der Waals surface area contributed by atoms with Gasteiger partial charge in [0.2, 0.25) is 30.1 Å². The highest BCUT2D eigenvalue weighted by Crippen LogP contribution is 2.49. The molecule has 33 heteroatoms. The third-order valence-electron chi connectivity index (χ3n) is 17.7. The predicted octanol–water partition coefficient (Wildman–Crippen LogP) is 11.9. The van der Waals surface area contributed by atoms with Gasteiger partial charge in [-0.05, 0) is 175 Å². The highest BCUT2D eigenvalue weighted by atomic mass is 35.5. The number of hydrogen-bond acceptors (Lipinski definition) is 16. The highest BCUT2D eigenvalue weighted by molar-refractivity contribution is 7.89. The Balaban J connectivity index is 0.000000168. The number of aryl methyl sites for hydroxylation is 2. The summed E-state index contributed by atoms with van der Waals surface area (Å²) < 4.78 is 211. The molecule has 6 aliphatic rings. The van der Waals surface area contributed by atoms with E-state index in [1.54, 1.807) is 46.9 Å². The van der Waals surface area contributed by atoms with Crippen molar-refractivity contribution in [2.75, 3.05) is 58.0 Å². The lowest BCUT2D eigenvalue weighted by molar-refractivity contribution is -0.0980. The molecule has 518 valence electrons. The van der Waals surface area contributed by atoms with Crippen LogP contribution in [0.5, 0.6) is 0 Å². The number of alkyl halides is 6. The number of piperidine rings is 3. The van der Waals surface area contributed by atoms with Gasteiger partial charge >= 0.3 is 31.3 Å². The largest absolute Gasteiger partial charge is 0.534 e. The summed E-state index contributed by atoms with van der Waals surface area (Å²) in [5.74, 6) is -1.55. The number of carbonyl (C=O) groups excluding carboxylic acids is 1. The van der Waals surface area contributed by atoms with Crippen molar-refractivity contribution in [3.8, 4) is 0 Å². The first-order valence-corrected chi connectivity index (χ1v) is 39.3. The SMILES string of the molecule is C=O.CS(=O)(=O)N1CCC(C2c3ccc(Cl)cc3C(OS(=O)(=O)C(F)(F)F)=Cc3cccnc32)CC1.CS(=O)(=O)N1CCC(C2c3ccc(Cl)cc3C=C(OS(=O)(=O)C(F)(F)F)c3cccnc32)CC1.CS(=O)(=O)N1CCC(C2c3ccc(Cl)cc3CCc3cccnc32)CC1. The Morgan fingerprint density at radius 2 is 0.812 bits per heavy atom. The summed E-state index contributed by atoms with van der Waals surface area (Å²) in [4.78, 5) is 21.6. The molecule has 3 fully saturated rings. The van der Waals surface area contributed by atoms with Crippen molar-refractivity contribution < 1.29 is 81.6 Å². The topological polar surface area (TPSA) is 255 Å². The maximum absolute atomic E-state index is 13.1. The molecule has 3 unspecified atom stereocenters. The standard InChI is InChI=1S/2C21H20ClF3N2O5S2.C20H23ClN2O2S.CH2O/c1-33(28,29)27-9-6-13(7-10-27)19-16-5-4-15(22)11-14(16)12-18(17-3-2-8-26-20(17)19)32-34(30,31)21(23,24)25;1-33(28,29)27-9-6-13(7-10-27)19-16-5-4-15(22)12-17(16)18(32-34(30,31)21(23,24)25)11-14-3-2-8-26-20(14)19;1-26(24,25)23-11-8-14(9-12-23)19-18-7-6-17(21)13-16(18)5-4-15-3-2-10-22-20(15)19;1-2/h2*2-5,8,11-13,19H,6-7,9-10H2,1H3;2-3,6-7,10,13-14,19H,4-5,8-9,11-12H2,1H3;1H2. The van der Waals surface area contributed by atoms with Gasteiger partial charge in [0.25, 0.3) is 0 Å². The minimum absolute atomic E-state index is 0.105. The summed E-state index contributed by atoms with van der Waals surface area (Å²) in [7, 11) is -21.7. The van der Waals surface area contributed by atoms with E-state index in [1.807, 2.05) is 25.1 Å². The average molecular weight is 1490 g/mol. The Morgan fingerprint density at radius 1 is 0.438 bits per heavy atom. The van der Waals surface area contributed by atoms with Crippen LogP contribution in [0.4, 0.5) is 26.3 Å². The second kappa shape index (κ2) is 29.4. The zero-order valence-electron chi connectivity index (χ0n) is 51.6. The highest BCUT2D eigenvalue weighted by Gasteiger charge is 2.51. The van der Waals surface area contributed by atoms with Crippen molar-refractivity contribution in [1.82, 2.24) is 27.9 Å². The van der Waals surface area contributed by atoms with Crippen LogP contribution in [0, 0.1) is 17.8 Å². The van der Waals surface area contributed by atoms with E-state index in [0.717, 1.165) is 48.9 Å². The van der Waals surface area contributed by atoms with Crippen LogP contribution in [-0.2, 0) is 76.3 Å². The number of aromatic nitrogens is 3. The van der Waals surface area contributed by atoms with Crippen LogP contribution < -0.4 is 0 Å². The lowest BCUT2D eigenvalue weighted by atomic mass is 9.76. The summed E-state index contributed by atoms with van der Waals surface area (Å²) in [5, 5.41) is 1.26. The lowest BCUT2D eigenvalue weighted by Crippen LogP contribution is -2.39. The molecule has 3 saturated heterocycles. The quantitative estimate of drug-likeness (QED) is 0.0702. The Morgan fingerprint density at radius 3 is 1.30 bits per heavy atom. The van der Waals surface area contributed by atoms with Gasteiger partial charge in [-0.2, -0.15) is 43.2 Å². The molecule has 0 radical (unpaired) electrons. The molecule has 3 aliphatic carbocycles. The molecule has 0 amide bonds. The van der Waals surface area contributed by atoms with Crippen molar-refractivity contribution in [2.24, 2.45) is 17.8 Å². The van der Waals surface area contributed by atoms with E-state index in [0.29, 0.717) is 83.4 Å². The molecule has 0 bridgehead atoms. The summed E-state index contributed by atoms with van der Waals surface area (Å²) in [5.41, 5.74) is -3.08. The zero-order valence-corrected chi connectivity index (χ0v) is 57.9. The molecule has 3 aromatic carbocycles. The van der Waals surface area contributed by atoms with Crippen LogP contribution in [0.3, 0.4) is 0 Å². The molecular weight excluding hydrogens is 1430 g/mol. The fraction of sp³-hybridized carbons (Fsp3) is 0.397. The summed E-state index contributed by atoms with van der Waals surface area (Å²) in [6.45, 7) is 4.31. The Kier molecular flexibility index (Phi) is 22.7. The van der Waals surface area contributed by atoms with Crippen molar-refractivity contribution in [2.45, 2.75) is 80.1 Å². The fourth-order valence-electron chi connectivity index (χ4n) is 13.4. The number of benzene rings is 3. The third kappa shape index (κ3) is 16.8. The minimum atomic E-state index is -5.94. The fourth-order valence-corrected chi connectivity index (χ4v) is 17.5. The Bertz CT molecular complexity index is 4500. The number of nitrogens with zero attached hydrogens (tertiary/aromatic N) is 6. The summed E-state index contributed by atoms with van der Waals surface area (Å²) in [6, 6.07) is 25.9. The normalized spacial score (nSPS) is 20.2. The average Bonchev–Trinajstić information content (AvgIpc) is 1.57. The van der Waals surface area contributed by atoms with Gasteiger partial charge in [-0.25, -0.2) is 38.2 Å². The minimum Gasteiger partial charge on any atom is -0.375 e. The molecule has 96 heavy (non-hydrogen) atoms. The predicted molar refractivity (Wildman–Crippen MR) is 352 cm³/mol. The summed E-state index contributed by atoms with van der Waals surface area (Å²) >= 11 is 18.5. The van der Waals surface area contributed by atoms with E-state index >= 15 is 0 Å². The zero-order chi connectivity index (χ0) is 70.1. The monoisotopic (exact) mass is 1490 g/mol. The van der Waals surface area contributed by atoms with Gasteiger partial charge in [-0.1, -0.05) is 65.1 Å². The number of hydrogen-bond donors (Lipinski definition) is 0. The van der Waals surface area contributed by atoms with Crippen LogP contribution in [0.15, 0.2) is 110 Å². The van der Waals surface area contributed by atoms with Crippen LogP contribution in [0.2, 0.25) is 15.1 Å². The van der Waals surface area contributed by atoms with E-state index < -0.39 is 84.7 Å². The van der Waals surface area contributed by atoms with Gasteiger partial charge in [0.15, 0.2) is 11.5 Å². The van der Waals surface area contributed by atoms with Gasteiger partial charge < -0.3 is 13.2 Å². The van der Waals surface area contributed by atoms with Gasteiger partial charge in [0, 0.05) is 107 Å². The molecule has 19 nitrogen and oxygen atoms in total. The Labute approximate surface area is 568 Å². The first kappa shape index (κ1) is 74.2. The van der Waals surface area contributed by atoms with Crippen molar-refractivity contribution in [3.05, 3.63) is 192 Å². The van der Waals surface area contributed by atoms with Gasteiger partial charge in [-0.3, -0.25) is 15.0 Å². The maximum Gasteiger partial charge on any atom is 0.534 e. The summed E-state index contributed by atoms with van der Waals surface area (Å²) in [6.07, 6.45) is 16.5. The Hall–Kier alpha value is -6.06. The van der Waals surface area contributed by atoms with Gasteiger partial charge in [-0.15, -0.1) is 0 Å². The van der Waals surface area contributed by atoms with E-state index in [-0.39, 0.29) is 60.1 Å². The van der Waals surface area contributed by atoms with Crippen molar-refractivity contribution >= 4 is 116 Å². The van der Waals surface area contributed by atoms with Gasteiger partial charge in [0.05, 0.1) is 35.8 Å². The van der Waals surface area contributed by atoms with Crippen molar-refractivity contribution in [1.29, 1.82) is 0 Å². The molecule has 0 saturated carbocycles. The van der Waals surface area contributed by atoms with Crippen LogP contribution in [0.25, 0.3) is 23.7 Å². The van der Waals surface area contributed by atoms with Gasteiger partial charge in [0.1, 0.15) is 6.79 Å². The van der Waals surface area contributed by atoms with E-state index in [1.165, 1.54) is 74.2 Å². The van der Waals surface area contributed by atoms with Crippen LogP contribution >= 0.6 is 34.8 Å². The lowest BCUT2D eigenvalue weighted by Gasteiger charge is -2.35. The second-order valence-electron chi connectivity index (χ2n) is 23.7. The molecular formula is C63H65Cl3F6N6O13S5. The molecule has 3 atom stereocenters. The molecule has 6 heterocycles. The first-order valence-electron chi connectivity index (χ1n) is 29.8. The molecule has 0 spiro atoms. The molecule has 12 rings (SSSR count). The number of rotatable bonds is 10. The number of carbonyl (C=O) groups is 1. The van der Waals surface area contributed by atoms with Crippen LogP contribution in [0.1, 0.15) is 123 Å². The number of fused-ring (bicyclic) bond motifs is 6. The van der Waals surface area contributed by atoms with Crippen molar-refractivity contribution in [3.63, 3.8) is 0 Å². The van der Waals surface area contributed by atoms with E-state index in [9.17, 15) is 68.4 Å². The number of pyridine rings is 3. The molecule has 6 aromatic rings. The maximum atomic E-state index is 13.1. The number of halogens is 9. The molecule has 3 aliphatic heterocycles. The van der Waals surface area contributed by atoms with E-state index in [2.05, 4.69) is 36.5 Å².